The molecule has 0 bridgehead atoms. The molecule has 2 N–H and O–H groups in total. The lowest BCUT2D eigenvalue weighted by Crippen LogP contribution is -2.15. The molecular weight excluding hydrogens is 306 g/mol. The van der Waals surface area contributed by atoms with E-state index in [9.17, 15) is 8.42 Å². The van der Waals surface area contributed by atoms with Gasteiger partial charge in [0.25, 0.3) is 0 Å². The van der Waals surface area contributed by atoms with Gasteiger partial charge in [0.1, 0.15) is 0 Å². The summed E-state index contributed by atoms with van der Waals surface area (Å²) < 4.78 is 26.8. The first-order valence-electron chi connectivity index (χ1n) is 6.70. The molecule has 1 heterocycles. The normalized spacial score (nSPS) is 11.5. The van der Waals surface area contributed by atoms with Gasteiger partial charge < -0.3 is 5.32 Å². The molecule has 0 amide bonds. The van der Waals surface area contributed by atoms with Gasteiger partial charge in [-0.2, -0.15) is 0 Å². The number of nitrogens with zero attached hydrogens (tertiary/aromatic N) is 1. The van der Waals surface area contributed by atoms with Crippen molar-refractivity contribution in [2.45, 2.75) is 26.1 Å². The third-order valence-corrected chi connectivity index (χ3v) is 4.97. The van der Waals surface area contributed by atoms with E-state index in [0.29, 0.717) is 5.13 Å². The lowest BCUT2D eigenvalue weighted by molar-refractivity contribution is 0.600. The number of hydrogen-bond acceptors (Lipinski definition) is 5. The van der Waals surface area contributed by atoms with Crippen LogP contribution in [0.2, 0.25) is 0 Å². The number of anilines is 1. The fourth-order valence-corrected chi connectivity index (χ4v) is 3.96. The first kappa shape index (κ1) is 15.9. The van der Waals surface area contributed by atoms with Crippen molar-refractivity contribution in [3.8, 4) is 0 Å². The quantitative estimate of drug-likeness (QED) is 0.820. The van der Waals surface area contributed by atoms with Gasteiger partial charge in [0.15, 0.2) is 5.13 Å². The molecular formula is C14H19N3O2S2. The molecule has 0 saturated heterocycles. The lowest BCUT2D eigenvalue weighted by atomic mass is 10.1. The van der Waals surface area contributed by atoms with Crippen LogP contribution in [0.5, 0.6) is 0 Å². The maximum absolute atomic E-state index is 12.1. The number of aromatic nitrogens is 1. The van der Waals surface area contributed by atoms with E-state index >= 15 is 0 Å². The van der Waals surface area contributed by atoms with E-state index in [2.05, 4.69) is 15.0 Å². The van der Waals surface area contributed by atoms with Gasteiger partial charge in [-0.1, -0.05) is 31.2 Å². The molecule has 2 aromatic rings. The van der Waals surface area contributed by atoms with Crippen LogP contribution < -0.4 is 10.0 Å². The van der Waals surface area contributed by atoms with Gasteiger partial charge in [-0.05, 0) is 24.6 Å². The van der Waals surface area contributed by atoms with Crippen LogP contribution in [0.15, 0.2) is 30.5 Å². The van der Waals surface area contributed by atoms with Crippen molar-refractivity contribution < 1.29 is 8.42 Å². The molecule has 114 valence electrons. The van der Waals surface area contributed by atoms with Gasteiger partial charge in [0.05, 0.1) is 5.75 Å². The van der Waals surface area contributed by atoms with Gasteiger partial charge in [-0.15, -0.1) is 11.3 Å². The summed E-state index contributed by atoms with van der Waals surface area (Å²) >= 11 is 1.33. The zero-order valence-corrected chi connectivity index (χ0v) is 13.7. The fourth-order valence-electron chi connectivity index (χ4n) is 1.89. The average molecular weight is 325 g/mol. The average Bonchev–Trinajstić information content (AvgIpc) is 2.80. The predicted molar refractivity (Wildman–Crippen MR) is 86.9 cm³/mol. The smallest absolute Gasteiger partial charge is 0.238 e. The van der Waals surface area contributed by atoms with Crippen LogP contribution in [0.1, 0.15) is 22.9 Å². The van der Waals surface area contributed by atoms with E-state index < -0.39 is 10.0 Å². The van der Waals surface area contributed by atoms with E-state index in [4.69, 9.17) is 0 Å². The summed E-state index contributed by atoms with van der Waals surface area (Å²) in [6, 6.07) is 7.60. The van der Waals surface area contributed by atoms with E-state index in [0.717, 1.165) is 29.1 Å². The van der Waals surface area contributed by atoms with Crippen LogP contribution >= 0.6 is 11.3 Å². The third-order valence-electron chi connectivity index (χ3n) is 2.79. The first-order chi connectivity index (χ1) is 9.98. The second-order valence-electron chi connectivity index (χ2n) is 4.74. The molecule has 0 spiro atoms. The number of aryl methyl sites for hydroxylation is 1. The molecule has 2 rings (SSSR count). The molecule has 5 nitrogen and oxygen atoms in total. The SMILES string of the molecule is CCNCc1cccc(CS(=O)(=O)Nc2ncc(C)s2)c1. The van der Waals surface area contributed by atoms with Gasteiger partial charge in [0, 0.05) is 17.6 Å². The topological polar surface area (TPSA) is 71.1 Å². The van der Waals surface area contributed by atoms with Crippen LogP contribution in [0.3, 0.4) is 0 Å². The summed E-state index contributed by atoms with van der Waals surface area (Å²) in [5.41, 5.74) is 1.85. The van der Waals surface area contributed by atoms with Crippen molar-refractivity contribution in [1.82, 2.24) is 10.3 Å². The summed E-state index contributed by atoms with van der Waals surface area (Å²) in [5.74, 6) is -0.0500. The van der Waals surface area contributed by atoms with E-state index in [-0.39, 0.29) is 5.75 Å². The van der Waals surface area contributed by atoms with Crippen molar-refractivity contribution in [2.75, 3.05) is 11.3 Å². The number of nitrogens with one attached hydrogen (secondary N) is 2. The summed E-state index contributed by atoms with van der Waals surface area (Å²) in [6.45, 7) is 5.55. The van der Waals surface area contributed by atoms with Gasteiger partial charge in [-0.25, -0.2) is 13.4 Å². The van der Waals surface area contributed by atoms with E-state index in [1.807, 2.05) is 38.1 Å². The van der Waals surface area contributed by atoms with Crippen molar-refractivity contribution in [1.29, 1.82) is 0 Å². The Morgan fingerprint density at radius 3 is 2.71 bits per heavy atom. The number of thiazole rings is 1. The Hall–Kier alpha value is -1.44. The second-order valence-corrected chi connectivity index (χ2v) is 7.69. The maximum Gasteiger partial charge on any atom is 0.238 e. The highest BCUT2D eigenvalue weighted by Crippen LogP contribution is 2.19. The number of hydrogen-bond donors (Lipinski definition) is 2. The lowest BCUT2D eigenvalue weighted by Gasteiger charge is -2.07. The molecule has 7 heteroatoms. The van der Waals surface area contributed by atoms with Crippen molar-refractivity contribution in [2.24, 2.45) is 0 Å². The van der Waals surface area contributed by atoms with Crippen molar-refractivity contribution in [3.05, 3.63) is 46.5 Å². The second kappa shape index (κ2) is 7.02. The highest BCUT2D eigenvalue weighted by molar-refractivity contribution is 7.92. The molecule has 0 saturated carbocycles. The van der Waals surface area contributed by atoms with Crippen LogP contribution in [0, 0.1) is 6.92 Å². The van der Waals surface area contributed by atoms with Crippen LogP contribution in [0.4, 0.5) is 5.13 Å². The molecule has 0 aliphatic rings. The number of sulfonamides is 1. The molecule has 0 radical (unpaired) electrons. The van der Waals surface area contributed by atoms with Crippen LogP contribution in [-0.4, -0.2) is 19.9 Å². The molecule has 1 aromatic carbocycles. The zero-order chi connectivity index (χ0) is 15.3. The first-order valence-corrected chi connectivity index (χ1v) is 9.17. The summed E-state index contributed by atoms with van der Waals surface area (Å²) in [5, 5.41) is 3.64. The van der Waals surface area contributed by atoms with E-state index in [1.165, 1.54) is 11.3 Å². The standard InChI is InChI=1S/C14H19N3O2S2/c1-3-15-9-12-5-4-6-13(7-12)10-21(18,19)17-14-16-8-11(2)20-14/h4-8,15H,3,9-10H2,1-2H3,(H,16,17). The Bertz CT molecular complexity index is 696. The Labute approximate surface area is 129 Å². The summed E-state index contributed by atoms with van der Waals surface area (Å²) in [7, 11) is -3.43. The van der Waals surface area contributed by atoms with Gasteiger partial charge in [-0.3, -0.25) is 4.72 Å². The highest BCUT2D eigenvalue weighted by atomic mass is 32.2. The minimum atomic E-state index is -3.43. The molecule has 1 aromatic heterocycles. The Balaban J connectivity index is 2.05. The summed E-state index contributed by atoms with van der Waals surface area (Å²) in [4.78, 5) is 4.99. The molecule has 0 aliphatic carbocycles. The van der Waals surface area contributed by atoms with E-state index in [1.54, 1.807) is 6.20 Å². The number of rotatable bonds is 7. The Kier molecular flexibility index (Phi) is 5.33. The highest BCUT2D eigenvalue weighted by Gasteiger charge is 2.14. The fraction of sp³-hybridized carbons (Fsp3) is 0.357. The van der Waals surface area contributed by atoms with Crippen LogP contribution in [-0.2, 0) is 22.3 Å². The molecule has 21 heavy (non-hydrogen) atoms. The Morgan fingerprint density at radius 2 is 2.05 bits per heavy atom. The molecule has 0 fully saturated rings. The largest absolute Gasteiger partial charge is 0.313 e. The zero-order valence-electron chi connectivity index (χ0n) is 12.1. The monoisotopic (exact) mass is 325 g/mol. The molecule has 0 aliphatic heterocycles. The molecule has 0 atom stereocenters. The van der Waals surface area contributed by atoms with Crippen molar-refractivity contribution in [3.63, 3.8) is 0 Å². The number of benzene rings is 1. The predicted octanol–water partition coefficient (Wildman–Crippen LogP) is 2.50. The Morgan fingerprint density at radius 1 is 1.29 bits per heavy atom. The third kappa shape index (κ3) is 5.11. The maximum atomic E-state index is 12.1. The van der Waals surface area contributed by atoms with Gasteiger partial charge >= 0.3 is 0 Å². The summed E-state index contributed by atoms with van der Waals surface area (Å²) in [6.07, 6.45) is 1.65. The van der Waals surface area contributed by atoms with Gasteiger partial charge in [0.2, 0.25) is 10.0 Å². The van der Waals surface area contributed by atoms with Crippen LogP contribution in [0.25, 0.3) is 0 Å². The minimum absolute atomic E-state index is 0.0500. The minimum Gasteiger partial charge on any atom is -0.313 e. The van der Waals surface area contributed by atoms with Crippen molar-refractivity contribution >= 4 is 26.5 Å². The molecule has 0 unspecified atom stereocenters.